The number of fused-ring (bicyclic) bond motifs is 1. The summed E-state index contributed by atoms with van der Waals surface area (Å²) in [7, 11) is 4.03. The molecular formula is C21H25N3O. The topological polar surface area (TPSA) is 48.1 Å². The van der Waals surface area contributed by atoms with Gasteiger partial charge in [-0.25, -0.2) is 0 Å². The van der Waals surface area contributed by atoms with Gasteiger partial charge in [-0.2, -0.15) is 0 Å². The van der Waals surface area contributed by atoms with Crippen molar-refractivity contribution in [2.45, 2.75) is 26.3 Å². The van der Waals surface area contributed by atoms with Gasteiger partial charge >= 0.3 is 0 Å². The molecule has 0 saturated carbocycles. The normalized spacial score (nSPS) is 11.1. The molecule has 0 saturated heterocycles. The van der Waals surface area contributed by atoms with E-state index in [4.69, 9.17) is 0 Å². The van der Waals surface area contributed by atoms with Gasteiger partial charge in [0, 0.05) is 43.1 Å². The van der Waals surface area contributed by atoms with Crippen LogP contribution in [0.3, 0.4) is 0 Å². The molecule has 130 valence electrons. The number of anilines is 2. The van der Waals surface area contributed by atoms with E-state index in [1.807, 2.05) is 38.4 Å². The van der Waals surface area contributed by atoms with Crippen molar-refractivity contribution in [1.82, 2.24) is 4.98 Å². The molecule has 0 bridgehead atoms. The number of hydrogen-bond donors (Lipinski definition) is 2. The second-order valence-corrected chi connectivity index (χ2v) is 6.92. The van der Waals surface area contributed by atoms with E-state index in [2.05, 4.69) is 53.3 Å². The molecule has 0 atom stereocenters. The van der Waals surface area contributed by atoms with Gasteiger partial charge in [0.1, 0.15) is 0 Å². The summed E-state index contributed by atoms with van der Waals surface area (Å²) in [6, 6.07) is 16.4. The van der Waals surface area contributed by atoms with Gasteiger partial charge in [-0.3, -0.25) is 4.79 Å². The molecule has 4 nitrogen and oxygen atoms in total. The second-order valence-electron chi connectivity index (χ2n) is 6.92. The third-order valence-corrected chi connectivity index (χ3v) is 4.48. The Morgan fingerprint density at radius 1 is 1.04 bits per heavy atom. The Morgan fingerprint density at radius 2 is 1.76 bits per heavy atom. The molecule has 0 unspecified atom stereocenters. The minimum absolute atomic E-state index is 0.0396. The third kappa shape index (κ3) is 3.85. The number of benzene rings is 2. The molecule has 3 rings (SSSR count). The first-order valence-corrected chi connectivity index (χ1v) is 8.61. The zero-order valence-corrected chi connectivity index (χ0v) is 15.3. The van der Waals surface area contributed by atoms with Crippen LogP contribution < -0.4 is 15.8 Å². The minimum Gasteiger partial charge on any atom is -0.381 e. The monoisotopic (exact) mass is 335 g/mol. The highest BCUT2D eigenvalue weighted by Gasteiger charge is 2.06. The third-order valence-electron chi connectivity index (χ3n) is 4.48. The Morgan fingerprint density at radius 3 is 2.40 bits per heavy atom. The van der Waals surface area contributed by atoms with Crippen molar-refractivity contribution in [2.75, 3.05) is 24.3 Å². The maximum atomic E-state index is 12.3. The highest BCUT2D eigenvalue weighted by Crippen LogP contribution is 2.20. The average molecular weight is 335 g/mol. The van der Waals surface area contributed by atoms with Crippen molar-refractivity contribution in [2.24, 2.45) is 0 Å². The fourth-order valence-corrected chi connectivity index (χ4v) is 2.84. The van der Waals surface area contributed by atoms with E-state index in [1.54, 1.807) is 0 Å². The van der Waals surface area contributed by atoms with Gasteiger partial charge in [-0.1, -0.05) is 19.9 Å². The number of nitrogens with zero attached hydrogens (tertiary/aromatic N) is 1. The summed E-state index contributed by atoms with van der Waals surface area (Å²) in [6.07, 6.45) is 0. The molecular weight excluding hydrogens is 310 g/mol. The molecule has 2 aromatic carbocycles. The smallest absolute Gasteiger partial charge is 0.253 e. The van der Waals surface area contributed by atoms with Crippen LogP contribution in [-0.4, -0.2) is 19.1 Å². The van der Waals surface area contributed by atoms with Crippen LogP contribution in [0.15, 0.2) is 53.3 Å². The van der Waals surface area contributed by atoms with Crippen LogP contribution in [0.5, 0.6) is 0 Å². The zero-order valence-electron chi connectivity index (χ0n) is 15.3. The Hall–Kier alpha value is -2.75. The molecule has 0 aliphatic rings. The number of aromatic amines is 1. The Bertz CT molecular complexity index is 924. The molecule has 3 aromatic rings. The van der Waals surface area contributed by atoms with Crippen LogP contribution in [0, 0.1) is 0 Å². The number of pyridine rings is 1. The fraction of sp³-hybridized carbons (Fsp3) is 0.286. The summed E-state index contributed by atoms with van der Waals surface area (Å²) in [5.74, 6) is 0.466. The van der Waals surface area contributed by atoms with Crippen molar-refractivity contribution in [1.29, 1.82) is 0 Å². The summed E-state index contributed by atoms with van der Waals surface area (Å²) < 4.78 is 0. The Balaban J connectivity index is 1.82. The molecule has 1 heterocycles. The minimum atomic E-state index is -0.0396. The molecule has 0 radical (unpaired) electrons. The van der Waals surface area contributed by atoms with Crippen molar-refractivity contribution in [3.63, 3.8) is 0 Å². The van der Waals surface area contributed by atoms with Gasteiger partial charge < -0.3 is 15.2 Å². The molecule has 0 amide bonds. The number of nitrogens with one attached hydrogen (secondary N) is 2. The molecule has 4 heteroatoms. The summed E-state index contributed by atoms with van der Waals surface area (Å²) in [5.41, 5.74) is 5.01. The summed E-state index contributed by atoms with van der Waals surface area (Å²) in [4.78, 5) is 17.4. The summed E-state index contributed by atoms with van der Waals surface area (Å²) in [6.45, 7) is 4.85. The lowest BCUT2D eigenvalue weighted by atomic mass is 10.0. The average Bonchev–Trinajstić information content (AvgIpc) is 2.59. The molecule has 25 heavy (non-hydrogen) atoms. The van der Waals surface area contributed by atoms with E-state index in [1.165, 1.54) is 5.56 Å². The van der Waals surface area contributed by atoms with E-state index in [-0.39, 0.29) is 5.56 Å². The standard InChI is InChI=1S/C21H25N3O/c1-14(2)15-5-10-20-16(11-15)12-17(21(25)23-20)13-22-18-6-8-19(9-7-18)24(3)4/h5-12,14,22H,13H2,1-4H3,(H,23,25). The molecule has 0 spiro atoms. The lowest BCUT2D eigenvalue weighted by molar-refractivity contribution is 0.868. The van der Waals surface area contributed by atoms with Crippen molar-refractivity contribution < 1.29 is 0 Å². The molecule has 0 aliphatic carbocycles. The Labute approximate surface area is 148 Å². The van der Waals surface area contributed by atoms with Crippen molar-refractivity contribution >= 4 is 22.3 Å². The lowest BCUT2D eigenvalue weighted by Gasteiger charge is -2.13. The van der Waals surface area contributed by atoms with Crippen LogP contribution >= 0.6 is 0 Å². The van der Waals surface area contributed by atoms with Gasteiger partial charge in [-0.05, 0) is 59.3 Å². The predicted octanol–water partition coefficient (Wildman–Crippen LogP) is 4.33. The summed E-state index contributed by atoms with van der Waals surface area (Å²) >= 11 is 0. The highest BCUT2D eigenvalue weighted by molar-refractivity contribution is 5.80. The number of H-pyrrole nitrogens is 1. The lowest BCUT2D eigenvalue weighted by Crippen LogP contribution is -2.15. The first kappa shape index (κ1) is 17.1. The first-order chi connectivity index (χ1) is 11.9. The van der Waals surface area contributed by atoms with Gasteiger partial charge in [0.15, 0.2) is 0 Å². The molecule has 0 aliphatic heterocycles. The second kappa shape index (κ2) is 7.01. The number of rotatable bonds is 5. The largest absolute Gasteiger partial charge is 0.381 e. The quantitative estimate of drug-likeness (QED) is 0.729. The Kier molecular flexibility index (Phi) is 4.79. The highest BCUT2D eigenvalue weighted by atomic mass is 16.1. The van der Waals surface area contributed by atoms with E-state index >= 15 is 0 Å². The van der Waals surface area contributed by atoms with Crippen LogP contribution in [-0.2, 0) is 6.54 Å². The summed E-state index contributed by atoms with van der Waals surface area (Å²) in [5, 5.41) is 4.41. The zero-order chi connectivity index (χ0) is 18.0. The predicted molar refractivity (Wildman–Crippen MR) is 107 cm³/mol. The van der Waals surface area contributed by atoms with E-state index in [0.717, 1.165) is 27.8 Å². The molecule has 2 N–H and O–H groups in total. The van der Waals surface area contributed by atoms with Crippen LogP contribution in [0.2, 0.25) is 0 Å². The van der Waals surface area contributed by atoms with Crippen molar-refractivity contribution in [3.8, 4) is 0 Å². The first-order valence-electron chi connectivity index (χ1n) is 8.61. The SMILES string of the molecule is CC(C)c1ccc2[nH]c(=O)c(CNc3ccc(N(C)C)cc3)cc2c1. The van der Waals surface area contributed by atoms with Crippen LogP contribution in [0.1, 0.15) is 30.9 Å². The maximum absolute atomic E-state index is 12.3. The van der Waals surface area contributed by atoms with Gasteiger partial charge in [0.05, 0.1) is 0 Å². The maximum Gasteiger partial charge on any atom is 0.253 e. The number of aromatic nitrogens is 1. The van der Waals surface area contributed by atoms with E-state index in [9.17, 15) is 4.79 Å². The molecule has 0 fully saturated rings. The van der Waals surface area contributed by atoms with Gasteiger partial charge in [-0.15, -0.1) is 0 Å². The molecule has 1 aromatic heterocycles. The van der Waals surface area contributed by atoms with Crippen LogP contribution in [0.4, 0.5) is 11.4 Å². The van der Waals surface area contributed by atoms with Gasteiger partial charge in [0.25, 0.3) is 5.56 Å². The van der Waals surface area contributed by atoms with Gasteiger partial charge in [0.2, 0.25) is 0 Å². The van der Waals surface area contributed by atoms with E-state index in [0.29, 0.717) is 12.5 Å². The number of hydrogen-bond acceptors (Lipinski definition) is 3. The van der Waals surface area contributed by atoms with E-state index < -0.39 is 0 Å². The van der Waals surface area contributed by atoms with Crippen molar-refractivity contribution in [3.05, 3.63) is 70.0 Å². The fourth-order valence-electron chi connectivity index (χ4n) is 2.84. The van der Waals surface area contributed by atoms with Crippen LogP contribution in [0.25, 0.3) is 10.9 Å².